The highest BCUT2D eigenvalue weighted by atomic mass is 16.5. The standard InChI is InChI=1S/C11H10N2O/c1-7-9-6-12-10-5-3-2-4-8(10)11(9)14-13-7/h2-5,12H,6H2,1H3. The van der Waals surface area contributed by atoms with Crippen LogP contribution in [0.2, 0.25) is 0 Å². The maximum absolute atomic E-state index is 5.32. The van der Waals surface area contributed by atoms with Gasteiger partial charge in [-0.15, -0.1) is 0 Å². The summed E-state index contributed by atoms with van der Waals surface area (Å²) in [5.74, 6) is 0.914. The average molecular weight is 186 g/mol. The highest BCUT2D eigenvalue weighted by molar-refractivity contribution is 5.79. The van der Waals surface area contributed by atoms with E-state index in [9.17, 15) is 0 Å². The fourth-order valence-electron chi connectivity index (χ4n) is 1.83. The van der Waals surface area contributed by atoms with Gasteiger partial charge < -0.3 is 9.84 Å². The molecule has 0 fully saturated rings. The van der Waals surface area contributed by atoms with E-state index >= 15 is 0 Å². The van der Waals surface area contributed by atoms with Gasteiger partial charge >= 0.3 is 0 Å². The number of nitrogens with zero attached hydrogens (tertiary/aromatic N) is 1. The molecule has 2 aromatic rings. The van der Waals surface area contributed by atoms with Crippen LogP contribution in [0.3, 0.4) is 0 Å². The molecule has 0 saturated carbocycles. The topological polar surface area (TPSA) is 38.1 Å². The van der Waals surface area contributed by atoms with Crippen molar-refractivity contribution >= 4 is 5.69 Å². The Balaban J connectivity index is 2.29. The lowest BCUT2D eigenvalue weighted by Crippen LogP contribution is -2.07. The molecule has 1 aromatic carbocycles. The highest BCUT2D eigenvalue weighted by Gasteiger charge is 2.21. The number of nitrogens with one attached hydrogen (secondary N) is 1. The number of aryl methyl sites for hydroxylation is 1. The Morgan fingerprint density at radius 3 is 3.14 bits per heavy atom. The first-order valence-electron chi connectivity index (χ1n) is 4.64. The summed E-state index contributed by atoms with van der Waals surface area (Å²) in [5.41, 5.74) is 4.37. The van der Waals surface area contributed by atoms with E-state index in [2.05, 4.69) is 16.5 Å². The SMILES string of the molecule is Cc1noc2c1CNc1ccccc1-2. The number of benzene rings is 1. The van der Waals surface area contributed by atoms with Gasteiger partial charge in [0.05, 0.1) is 5.69 Å². The normalized spacial score (nSPS) is 12.9. The highest BCUT2D eigenvalue weighted by Crippen LogP contribution is 2.36. The average Bonchev–Trinajstić information content (AvgIpc) is 2.61. The lowest BCUT2D eigenvalue weighted by atomic mass is 10.0. The maximum Gasteiger partial charge on any atom is 0.174 e. The van der Waals surface area contributed by atoms with Crippen LogP contribution in [0.5, 0.6) is 0 Å². The Kier molecular flexibility index (Phi) is 1.42. The Labute approximate surface area is 81.7 Å². The van der Waals surface area contributed by atoms with Crippen LogP contribution in [0.15, 0.2) is 28.8 Å². The summed E-state index contributed by atoms with van der Waals surface area (Å²) >= 11 is 0. The predicted molar refractivity (Wildman–Crippen MR) is 54.0 cm³/mol. The number of rotatable bonds is 0. The Hall–Kier alpha value is -1.77. The second-order valence-electron chi connectivity index (χ2n) is 3.47. The molecule has 0 saturated heterocycles. The number of hydrogen-bond donors (Lipinski definition) is 1. The van der Waals surface area contributed by atoms with Crippen LogP contribution in [-0.2, 0) is 6.54 Å². The summed E-state index contributed by atoms with van der Waals surface area (Å²) in [6, 6.07) is 8.12. The molecule has 0 radical (unpaired) electrons. The van der Waals surface area contributed by atoms with Crippen LogP contribution >= 0.6 is 0 Å². The Morgan fingerprint density at radius 1 is 1.36 bits per heavy atom. The van der Waals surface area contributed by atoms with E-state index in [-0.39, 0.29) is 0 Å². The molecule has 0 bridgehead atoms. The van der Waals surface area contributed by atoms with Crippen LogP contribution in [0.4, 0.5) is 5.69 Å². The lowest BCUT2D eigenvalue weighted by Gasteiger charge is -2.16. The minimum absolute atomic E-state index is 0.807. The van der Waals surface area contributed by atoms with Gasteiger partial charge in [-0.1, -0.05) is 17.3 Å². The van der Waals surface area contributed by atoms with Gasteiger partial charge in [0, 0.05) is 23.4 Å². The molecule has 0 amide bonds. The lowest BCUT2D eigenvalue weighted by molar-refractivity contribution is 0.426. The Bertz CT molecular complexity index is 488. The summed E-state index contributed by atoms with van der Waals surface area (Å²) in [4.78, 5) is 0. The number of hydrogen-bond acceptors (Lipinski definition) is 3. The van der Waals surface area contributed by atoms with E-state index in [0.29, 0.717) is 0 Å². The zero-order valence-corrected chi connectivity index (χ0v) is 7.87. The summed E-state index contributed by atoms with van der Waals surface area (Å²) in [6.45, 7) is 2.78. The number of anilines is 1. The summed E-state index contributed by atoms with van der Waals surface area (Å²) in [7, 11) is 0. The maximum atomic E-state index is 5.32. The van der Waals surface area contributed by atoms with Crippen molar-refractivity contribution in [2.45, 2.75) is 13.5 Å². The third-order valence-electron chi connectivity index (χ3n) is 2.61. The van der Waals surface area contributed by atoms with Gasteiger partial charge in [0.1, 0.15) is 0 Å². The summed E-state index contributed by atoms with van der Waals surface area (Å²) < 4.78 is 5.32. The van der Waals surface area contributed by atoms with Gasteiger partial charge in [-0.25, -0.2) is 0 Å². The third kappa shape index (κ3) is 0.894. The fraction of sp³-hybridized carbons (Fsp3) is 0.182. The minimum atomic E-state index is 0.807. The molecule has 3 nitrogen and oxygen atoms in total. The van der Waals surface area contributed by atoms with E-state index in [4.69, 9.17) is 4.52 Å². The first kappa shape index (κ1) is 7.62. The van der Waals surface area contributed by atoms with Crippen molar-refractivity contribution in [1.82, 2.24) is 5.16 Å². The van der Waals surface area contributed by atoms with Gasteiger partial charge in [-0.2, -0.15) is 0 Å². The molecule has 0 aliphatic carbocycles. The first-order valence-corrected chi connectivity index (χ1v) is 4.64. The van der Waals surface area contributed by atoms with Gasteiger partial charge in [0.15, 0.2) is 5.76 Å². The molecule has 0 spiro atoms. The third-order valence-corrected chi connectivity index (χ3v) is 2.61. The molecule has 1 aliphatic heterocycles. The molecule has 70 valence electrons. The monoisotopic (exact) mass is 186 g/mol. The number of aromatic nitrogens is 1. The quantitative estimate of drug-likeness (QED) is 0.687. The molecule has 0 unspecified atom stereocenters. The van der Waals surface area contributed by atoms with Crippen molar-refractivity contribution in [2.24, 2.45) is 0 Å². The molecule has 2 heterocycles. The predicted octanol–water partition coefficient (Wildman–Crippen LogP) is 2.58. The van der Waals surface area contributed by atoms with Crippen LogP contribution in [-0.4, -0.2) is 5.16 Å². The second kappa shape index (κ2) is 2.61. The van der Waals surface area contributed by atoms with Crippen molar-refractivity contribution < 1.29 is 4.52 Å². The summed E-state index contributed by atoms with van der Waals surface area (Å²) in [5, 5.41) is 7.33. The molecule has 14 heavy (non-hydrogen) atoms. The zero-order valence-electron chi connectivity index (χ0n) is 7.87. The van der Waals surface area contributed by atoms with Crippen molar-refractivity contribution in [3.63, 3.8) is 0 Å². The van der Waals surface area contributed by atoms with E-state index < -0.39 is 0 Å². The first-order chi connectivity index (χ1) is 6.86. The van der Waals surface area contributed by atoms with Crippen molar-refractivity contribution in [1.29, 1.82) is 0 Å². The van der Waals surface area contributed by atoms with Crippen molar-refractivity contribution in [3.05, 3.63) is 35.5 Å². The second-order valence-corrected chi connectivity index (χ2v) is 3.47. The van der Waals surface area contributed by atoms with Gasteiger partial charge in [0.2, 0.25) is 0 Å². The molecule has 1 N–H and O–H groups in total. The molecular formula is C11H10N2O. The van der Waals surface area contributed by atoms with Crippen LogP contribution < -0.4 is 5.32 Å². The smallest absolute Gasteiger partial charge is 0.174 e. The van der Waals surface area contributed by atoms with Crippen molar-refractivity contribution in [3.8, 4) is 11.3 Å². The van der Waals surface area contributed by atoms with Crippen LogP contribution in [0.25, 0.3) is 11.3 Å². The largest absolute Gasteiger partial charge is 0.380 e. The summed E-state index contributed by atoms with van der Waals surface area (Å²) in [6.07, 6.45) is 0. The molecular weight excluding hydrogens is 176 g/mol. The zero-order chi connectivity index (χ0) is 9.54. The molecule has 3 heteroatoms. The fourth-order valence-corrected chi connectivity index (χ4v) is 1.83. The van der Waals surface area contributed by atoms with Crippen LogP contribution in [0.1, 0.15) is 11.3 Å². The molecule has 3 rings (SSSR count). The van der Waals surface area contributed by atoms with Crippen LogP contribution in [0, 0.1) is 6.92 Å². The van der Waals surface area contributed by atoms with Gasteiger partial charge in [0.25, 0.3) is 0 Å². The van der Waals surface area contributed by atoms with Crippen molar-refractivity contribution in [2.75, 3.05) is 5.32 Å². The molecule has 1 aromatic heterocycles. The molecule has 0 atom stereocenters. The van der Waals surface area contributed by atoms with E-state index in [0.717, 1.165) is 29.2 Å². The number of fused-ring (bicyclic) bond motifs is 3. The van der Waals surface area contributed by atoms with E-state index in [1.807, 2.05) is 25.1 Å². The van der Waals surface area contributed by atoms with E-state index in [1.54, 1.807) is 0 Å². The number of para-hydroxylation sites is 1. The van der Waals surface area contributed by atoms with Gasteiger partial charge in [-0.3, -0.25) is 0 Å². The van der Waals surface area contributed by atoms with E-state index in [1.165, 1.54) is 5.56 Å². The molecule has 1 aliphatic rings. The Morgan fingerprint density at radius 2 is 2.21 bits per heavy atom. The minimum Gasteiger partial charge on any atom is -0.380 e. The van der Waals surface area contributed by atoms with Gasteiger partial charge in [-0.05, 0) is 19.1 Å².